The molecule has 1 saturated heterocycles. The second kappa shape index (κ2) is 9.14. The molecule has 0 bridgehead atoms. The molecule has 0 spiro atoms. The third-order valence-corrected chi connectivity index (χ3v) is 7.99. The first kappa shape index (κ1) is 20.4. The molecule has 1 atom stereocenters. The summed E-state index contributed by atoms with van der Waals surface area (Å²) in [6.45, 7) is 7.30. The van der Waals surface area contributed by atoms with Crippen molar-refractivity contribution in [1.29, 1.82) is 0 Å². The minimum Gasteiger partial charge on any atom is -0.353 e. The molecule has 1 aliphatic heterocycles. The maximum atomic E-state index is 12.5. The van der Waals surface area contributed by atoms with E-state index in [0.717, 1.165) is 12.8 Å². The molecule has 2 rings (SSSR count). The number of amides is 1. The fraction of sp³-hybridized carbons (Fsp3) is 0.722. The van der Waals surface area contributed by atoms with Gasteiger partial charge in [0.2, 0.25) is 5.91 Å². The minimum absolute atomic E-state index is 0.0743. The van der Waals surface area contributed by atoms with Crippen molar-refractivity contribution in [3.8, 4) is 0 Å². The van der Waals surface area contributed by atoms with Gasteiger partial charge < -0.3 is 5.32 Å². The molecule has 1 amide bonds. The highest BCUT2D eigenvalue weighted by Crippen LogP contribution is 2.26. The Morgan fingerprint density at radius 2 is 1.96 bits per heavy atom. The van der Waals surface area contributed by atoms with E-state index in [0.29, 0.717) is 36.1 Å². The van der Waals surface area contributed by atoms with Crippen molar-refractivity contribution >= 4 is 27.3 Å². The Labute approximate surface area is 155 Å². The van der Waals surface area contributed by atoms with E-state index in [-0.39, 0.29) is 17.9 Å². The van der Waals surface area contributed by atoms with Crippen molar-refractivity contribution in [3.63, 3.8) is 0 Å². The van der Waals surface area contributed by atoms with E-state index >= 15 is 0 Å². The minimum atomic E-state index is -3.39. The molecule has 1 aromatic rings. The molecule has 142 valence electrons. The summed E-state index contributed by atoms with van der Waals surface area (Å²) >= 11 is 1.24. The third-order valence-electron chi connectivity index (χ3n) is 4.72. The SMILES string of the molecule is CC(C)CCCC(C)NC(=O)C1CCN(S(=O)(=O)c2cccs2)CC1. The Morgan fingerprint density at radius 3 is 2.52 bits per heavy atom. The maximum absolute atomic E-state index is 12.5. The number of carbonyl (C=O) groups is 1. The van der Waals surface area contributed by atoms with Gasteiger partial charge in [0, 0.05) is 25.0 Å². The molecule has 1 unspecified atom stereocenters. The molecule has 7 heteroatoms. The Kier molecular flexibility index (Phi) is 7.46. The summed E-state index contributed by atoms with van der Waals surface area (Å²) in [7, 11) is -3.39. The predicted molar refractivity (Wildman–Crippen MR) is 102 cm³/mol. The van der Waals surface area contributed by atoms with Crippen LogP contribution in [-0.2, 0) is 14.8 Å². The van der Waals surface area contributed by atoms with Gasteiger partial charge in [0.05, 0.1) is 0 Å². The van der Waals surface area contributed by atoms with E-state index in [4.69, 9.17) is 0 Å². The second-order valence-electron chi connectivity index (χ2n) is 7.34. The van der Waals surface area contributed by atoms with Crippen LogP contribution >= 0.6 is 11.3 Å². The molecule has 25 heavy (non-hydrogen) atoms. The van der Waals surface area contributed by atoms with Gasteiger partial charge >= 0.3 is 0 Å². The Hall–Kier alpha value is -0.920. The van der Waals surface area contributed by atoms with Gasteiger partial charge in [0.1, 0.15) is 4.21 Å². The number of nitrogens with zero attached hydrogens (tertiary/aromatic N) is 1. The highest BCUT2D eigenvalue weighted by Gasteiger charge is 2.32. The van der Waals surface area contributed by atoms with Gasteiger partial charge in [0.15, 0.2) is 0 Å². The monoisotopic (exact) mass is 386 g/mol. The molecule has 5 nitrogen and oxygen atoms in total. The van der Waals surface area contributed by atoms with Crippen molar-refractivity contribution in [2.75, 3.05) is 13.1 Å². The standard InChI is InChI=1S/C18H30N2O3S2/c1-14(2)6-4-7-15(3)19-18(21)16-9-11-20(12-10-16)25(22,23)17-8-5-13-24-17/h5,8,13-16H,4,6-7,9-12H2,1-3H3,(H,19,21). The number of hydrogen-bond acceptors (Lipinski definition) is 4. The number of thiophene rings is 1. The van der Waals surface area contributed by atoms with Crippen LogP contribution in [0.4, 0.5) is 0 Å². The van der Waals surface area contributed by atoms with E-state index in [2.05, 4.69) is 26.1 Å². The lowest BCUT2D eigenvalue weighted by molar-refractivity contribution is -0.126. The van der Waals surface area contributed by atoms with Gasteiger partial charge in [-0.15, -0.1) is 11.3 Å². The van der Waals surface area contributed by atoms with E-state index in [9.17, 15) is 13.2 Å². The van der Waals surface area contributed by atoms with Crippen LogP contribution in [0.15, 0.2) is 21.7 Å². The topological polar surface area (TPSA) is 66.5 Å². The summed E-state index contributed by atoms with van der Waals surface area (Å²) in [5, 5.41) is 4.87. The summed E-state index contributed by atoms with van der Waals surface area (Å²) in [6.07, 6.45) is 4.48. The van der Waals surface area contributed by atoms with Crippen LogP contribution in [0.2, 0.25) is 0 Å². The van der Waals surface area contributed by atoms with Gasteiger partial charge in [-0.1, -0.05) is 32.8 Å². The van der Waals surface area contributed by atoms with Gasteiger partial charge in [-0.3, -0.25) is 4.79 Å². The Morgan fingerprint density at radius 1 is 1.28 bits per heavy atom. The van der Waals surface area contributed by atoms with Crippen molar-refractivity contribution in [3.05, 3.63) is 17.5 Å². The molecule has 0 radical (unpaired) electrons. The summed E-state index contributed by atoms with van der Waals surface area (Å²) in [5.74, 6) is 0.685. The normalized spacial score (nSPS) is 18.4. The zero-order chi connectivity index (χ0) is 18.4. The Bertz CT molecular complexity index is 633. The van der Waals surface area contributed by atoms with Gasteiger partial charge in [-0.25, -0.2) is 8.42 Å². The van der Waals surface area contributed by atoms with E-state index in [1.165, 1.54) is 22.1 Å². The summed E-state index contributed by atoms with van der Waals surface area (Å²) in [4.78, 5) is 12.4. The van der Waals surface area contributed by atoms with Crippen LogP contribution in [-0.4, -0.2) is 37.8 Å². The number of nitrogens with one attached hydrogen (secondary N) is 1. The van der Waals surface area contributed by atoms with Crippen LogP contribution in [0.1, 0.15) is 52.9 Å². The molecular formula is C18H30N2O3S2. The number of sulfonamides is 1. The van der Waals surface area contributed by atoms with E-state index < -0.39 is 10.0 Å². The van der Waals surface area contributed by atoms with Gasteiger partial charge in [0.25, 0.3) is 10.0 Å². The molecule has 0 aromatic carbocycles. The van der Waals surface area contributed by atoms with Gasteiger partial charge in [-0.05, 0) is 43.6 Å². The largest absolute Gasteiger partial charge is 0.353 e. The van der Waals surface area contributed by atoms with E-state index in [1.807, 2.05) is 0 Å². The predicted octanol–water partition coefficient (Wildman–Crippen LogP) is 3.48. The van der Waals surface area contributed by atoms with Crippen LogP contribution in [0, 0.1) is 11.8 Å². The van der Waals surface area contributed by atoms with Crippen molar-refractivity contribution in [1.82, 2.24) is 9.62 Å². The maximum Gasteiger partial charge on any atom is 0.252 e. The lowest BCUT2D eigenvalue weighted by atomic mass is 9.96. The Balaban J connectivity index is 1.78. The molecule has 1 aliphatic rings. The van der Waals surface area contributed by atoms with Crippen molar-refractivity contribution in [2.45, 2.75) is 63.1 Å². The molecule has 1 N–H and O–H groups in total. The number of rotatable bonds is 8. The number of carbonyl (C=O) groups excluding carboxylic acids is 1. The molecule has 1 aromatic heterocycles. The summed E-state index contributed by atoms with van der Waals surface area (Å²) in [6, 6.07) is 3.56. The number of hydrogen-bond donors (Lipinski definition) is 1. The van der Waals surface area contributed by atoms with Crippen LogP contribution in [0.3, 0.4) is 0 Å². The quantitative estimate of drug-likeness (QED) is 0.744. The average Bonchev–Trinajstić information content (AvgIpc) is 3.10. The zero-order valence-electron chi connectivity index (χ0n) is 15.4. The van der Waals surface area contributed by atoms with E-state index in [1.54, 1.807) is 17.5 Å². The molecule has 2 heterocycles. The summed E-state index contributed by atoms with van der Waals surface area (Å²) in [5.41, 5.74) is 0. The fourth-order valence-corrected chi connectivity index (χ4v) is 5.78. The summed E-state index contributed by atoms with van der Waals surface area (Å²) < 4.78 is 26.9. The highest BCUT2D eigenvalue weighted by atomic mass is 32.2. The fourth-order valence-electron chi connectivity index (χ4n) is 3.16. The zero-order valence-corrected chi connectivity index (χ0v) is 17.0. The highest BCUT2D eigenvalue weighted by molar-refractivity contribution is 7.91. The van der Waals surface area contributed by atoms with Gasteiger partial charge in [-0.2, -0.15) is 4.31 Å². The third kappa shape index (κ3) is 5.79. The molecule has 0 saturated carbocycles. The first-order valence-electron chi connectivity index (χ1n) is 9.14. The first-order chi connectivity index (χ1) is 11.8. The lowest BCUT2D eigenvalue weighted by Gasteiger charge is -2.30. The molecular weight excluding hydrogens is 356 g/mol. The molecule has 0 aliphatic carbocycles. The van der Waals surface area contributed by atoms with Crippen molar-refractivity contribution in [2.24, 2.45) is 11.8 Å². The second-order valence-corrected chi connectivity index (χ2v) is 10.5. The van der Waals surface area contributed by atoms with Crippen LogP contribution in [0.5, 0.6) is 0 Å². The first-order valence-corrected chi connectivity index (χ1v) is 11.5. The van der Waals surface area contributed by atoms with Crippen LogP contribution < -0.4 is 5.32 Å². The van der Waals surface area contributed by atoms with Crippen LogP contribution in [0.25, 0.3) is 0 Å². The molecule has 1 fully saturated rings. The van der Waals surface area contributed by atoms with Crippen molar-refractivity contribution < 1.29 is 13.2 Å². The smallest absolute Gasteiger partial charge is 0.252 e. The number of piperidine rings is 1. The average molecular weight is 387 g/mol. The lowest BCUT2D eigenvalue weighted by Crippen LogP contribution is -2.44.